The summed E-state index contributed by atoms with van der Waals surface area (Å²) in [4.78, 5) is 26.2. The van der Waals surface area contributed by atoms with Gasteiger partial charge in [0.25, 0.3) is 11.6 Å². The fraction of sp³-hybridized carbons (Fsp3) is 0.562. The zero-order valence-electron chi connectivity index (χ0n) is 14.6. The number of thioether (sulfide) groups is 1. The summed E-state index contributed by atoms with van der Waals surface area (Å²) in [7, 11) is 3.35. The molecule has 1 atom stereocenters. The van der Waals surface area contributed by atoms with Crippen LogP contribution in [-0.4, -0.2) is 55.8 Å². The second-order valence-electron chi connectivity index (χ2n) is 5.80. The Hall–Kier alpha value is -1.51. The van der Waals surface area contributed by atoms with Crippen molar-refractivity contribution in [3.05, 3.63) is 27.8 Å². The Kier molecular flexibility index (Phi) is 8.47. The van der Waals surface area contributed by atoms with Gasteiger partial charge in [0.05, 0.1) is 23.0 Å². The van der Waals surface area contributed by atoms with E-state index in [0.717, 1.165) is 24.3 Å². The fourth-order valence-corrected chi connectivity index (χ4v) is 3.64. The quantitative estimate of drug-likeness (QED) is 0.457. The van der Waals surface area contributed by atoms with Crippen LogP contribution in [0, 0.1) is 16.0 Å². The Morgan fingerprint density at radius 1 is 1.52 bits per heavy atom. The smallest absolute Gasteiger partial charge is 0.285 e. The van der Waals surface area contributed by atoms with Gasteiger partial charge in [0.2, 0.25) is 0 Å². The van der Waals surface area contributed by atoms with Gasteiger partial charge < -0.3 is 15.0 Å². The maximum atomic E-state index is 12.9. The molecule has 1 fully saturated rings. The average molecular weight is 390 g/mol. The predicted octanol–water partition coefficient (Wildman–Crippen LogP) is 2.82. The van der Waals surface area contributed by atoms with E-state index in [0.29, 0.717) is 24.8 Å². The Morgan fingerprint density at radius 2 is 2.24 bits per heavy atom. The number of carbonyl (C=O) groups is 1. The molecule has 1 aromatic carbocycles. The largest absolute Gasteiger partial charge is 0.495 e. The summed E-state index contributed by atoms with van der Waals surface area (Å²) in [6.45, 7) is 2.10. The highest BCUT2D eigenvalue weighted by molar-refractivity contribution is 7.98. The van der Waals surface area contributed by atoms with Gasteiger partial charge >= 0.3 is 0 Å². The molecule has 0 aromatic heterocycles. The van der Waals surface area contributed by atoms with Crippen LogP contribution < -0.4 is 10.1 Å². The zero-order chi connectivity index (χ0) is 17.7. The van der Waals surface area contributed by atoms with Crippen molar-refractivity contribution in [1.82, 2.24) is 10.2 Å². The number of nitro groups is 1. The molecule has 140 valence electrons. The van der Waals surface area contributed by atoms with Gasteiger partial charge in [-0.2, -0.15) is 0 Å². The van der Waals surface area contributed by atoms with Crippen LogP contribution in [0.15, 0.2) is 17.0 Å². The van der Waals surface area contributed by atoms with E-state index < -0.39 is 4.92 Å². The molecule has 0 saturated carbocycles. The monoisotopic (exact) mass is 389 g/mol. The molecule has 25 heavy (non-hydrogen) atoms. The van der Waals surface area contributed by atoms with Crippen LogP contribution in [0.25, 0.3) is 0 Å². The summed E-state index contributed by atoms with van der Waals surface area (Å²) >= 11 is 1.40. The van der Waals surface area contributed by atoms with E-state index in [9.17, 15) is 14.9 Å². The lowest BCUT2D eigenvalue weighted by molar-refractivity contribution is -0.385. The highest BCUT2D eigenvalue weighted by atomic mass is 35.5. The van der Waals surface area contributed by atoms with Crippen LogP contribution in [0.1, 0.15) is 23.2 Å². The summed E-state index contributed by atoms with van der Waals surface area (Å²) in [6.07, 6.45) is 3.82. The van der Waals surface area contributed by atoms with Gasteiger partial charge in [0.1, 0.15) is 11.3 Å². The van der Waals surface area contributed by atoms with Gasteiger partial charge in [-0.3, -0.25) is 14.9 Å². The van der Waals surface area contributed by atoms with Crippen LogP contribution in [0.5, 0.6) is 5.75 Å². The number of ether oxygens (including phenoxy) is 1. The summed E-state index contributed by atoms with van der Waals surface area (Å²) in [5.41, 5.74) is -0.0688. The second kappa shape index (κ2) is 9.84. The number of piperidine rings is 1. The molecule has 0 radical (unpaired) electrons. The third-order valence-corrected chi connectivity index (χ3v) is 4.99. The first-order chi connectivity index (χ1) is 11.5. The molecule has 9 heteroatoms. The standard InChI is InChI=1S/C16H23N3O4S.ClH/c1-17-9-11-5-4-6-18(10-11)16(20)12-7-15(24-3)14(23-2)8-13(12)19(21)22;/h7-8,11,17H,4-6,9-10H2,1-3H3;1H. The molecule has 1 amide bonds. The van der Waals surface area contributed by atoms with Crippen molar-refractivity contribution < 1.29 is 14.5 Å². The second-order valence-corrected chi connectivity index (χ2v) is 6.65. The lowest BCUT2D eigenvalue weighted by Gasteiger charge is -2.32. The average Bonchev–Trinajstić information content (AvgIpc) is 2.60. The number of benzene rings is 1. The molecule has 0 spiro atoms. The molecule has 2 rings (SSSR count). The van der Waals surface area contributed by atoms with Crippen molar-refractivity contribution in [3.63, 3.8) is 0 Å². The minimum atomic E-state index is -0.519. The molecule has 0 bridgehead atoms. The summed E-state index contributed by atoms with van der Waals surface area (Å²) in [5.74, 6) is 0.517. The predicted molar refractivity (Wildman–Crippen MR) is 101 cm³/mol. The molecule has 1 unspecified atom stereocenters. The van der Waals surface area contributed by atoms with Crippen LogP contribution in [-0.2, 0) is 0 Å². The molecule has 1 heterocycles. The number of hydrogen-bond donors (Lipinski definition) is 1. The molecule has 7 nitrogen and oxygen atoms in total. The van der Waals surface area contributed by atoms with E-state index in [1.165, 1.54) is 24.9 Å². The maximum absolute atomic E-state index is 12.9. The van der Waals surface area contributed by atoms with E-state index in [1.807, 2.05) is 13.3 Å². The van der Waals surface area contributed by atoms with E-state index in [1.54, 1.807) is 11.0 Å². The number of nitro benzene ring substituents is 1. The number of rotatable bonds is 6. The minimum Gasteiger partial charge on any atom is -0.495 e. The Morgan fingerprint density at radius 3 is 2.80 bits per heavy atom. The molecule has 1 aromatic rings. The van der Waals surface area contributed by atoms with E-state index in [-0.39, 0.29) is 29.6 Å². The number of halogens is 1. The maximum Gasteiger partial charge on any atom is 0.285 e. The third-order valence-electron chi connectivity index (χ3n) is 4.23. The normalized spacial score (nSPS) is 16.9. The van der Waals surface area contributed by atoms with E-state index in [2.05, 4.69) is 5.32 Å². The molecule has 1 N–H and O–H groups in total. The van der Waals surface area contributed by atoms with Crippen LogP contribution in [0.3, 0.4) is 0 Å². The van der Waals surface area contributed by atoms with Gasteiger partial charge in [-0.15, -0.1) is 24.2 Å². The number of hydrogen-bond acceptors (Lipinski definition) is 6. The lowest BCUT2D eigenvalue weighted by atomic mass is 9.97. The lowest BCUT2D eigenvalue weighted by Crippen LogP contribution is -2.42. The highest BCUT2D eigenvalue weighted by Crippen LogP contribution is 2.35. The molecule has 1 saturated heterocycles. The van der Waals surface area contributed by atoms with E-state index in [4.69, 9.17) is 4.74 Å². The van der Waals surface area contributed by atoms with Gasteiger partial charge in [-0.25, -0.2) is 0 Å². The molecule has 1 aliphatic rings. The number of nitrogens with zero attached hydrogens (tertiary/aromatic N) is 2. The van der Waals surface area contributed by atoms with Crippen molar-refractivity contribution in [1.29, 1.82) is 0 Å². The first-order valence-corrected chi connectivity index (χ1v) is 9.08. The van der Waals surface area contributed by atoms with Crippen molar-refractivity contribution in [2.45, 2.75) is 17.7 Å². The van der Waals surface area contributed by atoms with Crippen LogP contribution >= 0.6 is 24.2 Å². The summed E-state index contributed by atoms with van der Waals surface area (Å²) in [6, 6.07) is 2.92. The SMILES string of the molecule is CNCC1CCCN(C(=O)c2cc(SC)c(OC)cc2[N+](=O)[O-])C1.Cl. The minimum absolute atomic E-state index is 0. The summed E-state index contributed by atoms with van der Waals surface area (Å²) in [5, 5.41) is 14.5. The van der Waals surface area contributed by atoms with Crippen molar-refractivity contribution in [2.75, 3.05) is 40.0 Å². The topological polar surface area (TPSA) is 84.7 Å². The van der Waals surface area contributed by atoms with Crippen molar-refractivity contribution in [3.8, 4) is 5.75 Å². The number of likely N-dealkylation sites (tertiary alicyclic amines) is 1. The van der Waals surface area contributed by atoms with Crippen molar-refractivity contribution in [2.24, 2.45) is 5.92 Å². The third kappa shape index (κ3) is 4.99. The molecule has 0 aliphatic carbocycles. The first-order valence-electron chi connectivity index (χ1n) is 7.86. The molecule has 1 aliphatic heterocycles. The zero-order valence-corrected chi connectivity index (χ0v) is 16.2. The molecular weight excluding hydrogens is 366 g/mol. The van der Waals surface area contributed by atoms with Crippen molar-refractivity contribution >= 4 is 35.8 Å². The first kappa shape index (κ1) is 21.5. The number of nitrogens with one attached hydrogen (secondary N) is 1. The van der Waals surface area contributed by atoms with E-state index >= 15 is 0 Å². The van der Waals surface area contributed by atoms with Gasteiger partial charge in [0, 0.05) is 13.1 Å². The van der Waals surface area contributed by atoms with Crippen LogP contribution in [0.2, 0.25) is 0 Å². The van der Waals surface area contributed by atoms with Gasteiger partial charge in [0.15, 0.2) is 0 Å². The summed E-state index contributed by atoms with van der Waals surface area (Å²) < 4.78 is 5.20. The van der Waals surface area contributed by atoms with Gasteiger partial charge in [-0.1, -0.05) is 0 Å². The fourth-order valence-electron chi connectivity index (χ4n) is 3.07. The number of amides is 1. The molecular formula is C16H24ClN3O4S. The Bertz CT molecular complexity index is 628. The van der Waals surface area contributed by atoms with Gasteiger partial charge in [-0.05, 0) is 44.7 Å². The number of carbonyl (C=O) groups excluding carboxylic acids is 1. The number of methoxy groups -OCH3 is 1. The Balaban J connectivity index is 0.00000312. The highest BCUT2D eigenvalue weighted by Gasteiger charge is 2.30. The Labute approximate surface area is 158 Å². The van der Waals surface area contributed by atoms with Crippen LogP contribution in [0.4, 0.5) is 5.69 Å².